The normalized spacial score (nSPS) is 15.0. The van der Waals surface area contributed by atoms with Crippen molar-refractivity contribution in [2.75, 3.05) is 30.9 Å². The van der Waals surface area contributed by atoms with E-state index in [0.717, 1.165) is 5.39 Å². The number of benzene rings is 3. The van der Waals surface area contributed by atoms with Gasteiger partial charge in [-0.3, -0.25) is 19.4 Å². The van der Waals surface area contributed by atoms with Crippen molar-refractivity contribution < 1.29 is 17.6 Å². The molecule has 1 fully saturated rings. The van der Waals surface area contributed by atoms with Crippen LogP contribution in [0.2, 0.25) is 0 Å². The number of para-hydroxylation sites is 1. The van der Waals surface area contributed by atoms with Gasteiger partial charge in [-0.05, 0) is 56.3 Å². The first-order valence-electron chi connectivity index (χ1n) is 12.4. The summed E-state index contributed by atoms with van der Waals surface area (Å²) in [4.78, 5) is 21.4. The van der Waals surface area contributed by atoms with Gasteiger partial charge in [0.1, 0.15) is 10.7 Å². The zero-order chi connectivity index (χ0) is 26.9. The van der Waals surface area contributed by atoms with Gasteiger partial charge >= 0.3 is 0 Å². The highest BCUT2D eigenvalue weighted by Gasteiger charge is 2.34. The van der Waals surface area contributed by atoms with Gasteiger partial charge in [0.05, 0.1) is 5.52 Å². The molecule has 38 heavy (non-hydrogen) atoms. The minimum absolute atomic E-state index is 0.0898. The average Bonchev–Trinajstić information content (AvgIpc) is 2.93. The van der Waals surface area contributed by atoms with Gasteiger partial charge in [0.15, 0.2) is 0 Å². The highest BCUT2D eigenvalue weighted by molar-refractivity contribution is 7.93. The van der Waals surface area contributed by atoms with Crippen LogP contribution in [0.15, 0.2) is 90.0 Å². The SMILES string of the molecule is CC(C)(c1ccccc1F)N1CCN(C(=O)c2ccc(NS(=O)(=O)c3cccc4cccnc34)cc2)CC1. The van der Waals surface area contributed by atoms with Crippen LogP contribution in [0.5, 0.6) is 0 Å². The van der Waals surface area contributed by atoms with Gasteiger partial charge in [0, 0.05) is 60.1 Å². The lowest BCUT2D eigenvalue weighted by Crippen LogP contribution is -2.54. The van der Waals surface area contributed by atoms with E-state index in [4.69, 9.17) is 0 Å². The summed E-state index contributed by atoms with van der Waals surface area (Å²) in [5.74, 6) is -0.357. The number of carbonyl (C=O) groups is 1. The van der Waals surface area contributed by atoms with Gasteiger partial charge in [-0.25, -0.2) is 12.8 Å². The molecule has 0 spiro atoms. The third-order valence-electron chi connectivity index (χ3n) is 7.16. The van der Waals surface area contributed by atoms with Crippen molar-refractivity contribution in [1.29, 1.82) is 0 Å². The quantitative estimate of drug-likeness (QED) is 0.383. The van der Waals surface area contributed by atoms with Crippen molar-refractivity contribution in [3.63, 3.8) is 0 Å². The van der Waals surface area contributed by atoms with Crippen molar-refractivity contribution in [3.8, 4) is 0 Å². The van der Waals surface area contributed by atoms with Crippen LogP contribution in [0.3, 0.4) is 0 Å². The molecule has 0 aliphatic carbocycles. The maximum Gasteiger partial charge on any atom is 0.264 e. The molecule has 0 atom stereocenters. The number of anilines is 1. The Labute approximate surface area is 222 Å². The van der Waals surface area contributed by atoms with Crippen molar-refractivity contribution in [2.45, 2.75) is 24.3 Å². The summed E-state index contributed by atoms with van der Waals surface area (Å²) in [6, 6.07) is 21.8. The van der Waals surface area contributed by atoms with Crippen LogP contribution in [0, 0.1) is 5.82 Å². The standard InChI is InChI=1S/C29H29FN4O3S/c1-29(2,24-9-3-4-10-25(24)30)34-19-17-33(18-20-34)28(35)22-12-14-23(15-13-22)32-38(36,37)26-11-5-7-21-8-6-16-31-27(21)26/h3-16,32H,17-20H2,1-2H3. The number of nitrogens with one attached hydrogen (secondary N) is 1. The molecule has 9 heteroatoms. The summed E-state index contributed by atoms with van der Waals surface area (Å²) >= 11 is 0. The fourth-order valence-corrected chi connectivity index (χ4v) is 6.20. The third kappa shape index (κ3) is 4.99. The molecule has 2 heterocycles. The summed E-state index contributed by atoms with van der Waals surface area (Å²) in [6.45, 7) is 6.25. The number of aromatic nitrogens is 1. The van der Waals surface area contributed by atoms with Crippen LogP contribution in [-0.4, -0.2) is 55.3 Å². The molecule has 196 valence electrons. The predicted molar refractivity (Wildman–Crippen MR) is 146 cm³/mol. The number of halogens is 1. The Balaban J connectivity index is 1.25. The lowest BCUT2D eigenvalue weighted by atomic mass is 9.91. The van der Waals surface area contributed by atoms with E-state index in [1.54, 1.807) is 59.6 Å². The van der Waals surface area contributed by atoms with E-state index in [9.17, 15) is 17.6 Å². The van der Waals surface area contributed by atoms with Crippen LogP contribution < -0.4 is 4.72 Å². The number of carbonyl (C=O) groups excluding carboxylic acids is 1. The number of hydrogen-bond acceptors (Lipinski definition) is 5. The summed E-state index contributed by atoms with van der Waals surface area (Å²) in [7, 11) is -3.88. The Kier molecular flexibility index (Phi) is 6.90. The molecule has 0 unspecified atom stereocenters. The Hall–Kier alpha value is -3.82. The number of fused-ring (bicyclic) bond motifs is 1. The second kappa shape index (κ2) is 10.2. The number of hydrogen-bond donors (Lipinski definition) is 1. The van der Waals surface area contributed by atoms with Crippen molar-refractivity contribution in [3.05, 3.63) is 102 Å². The number of nitrogens with zero attached hydrogens (tertiary/aromatic N) is 3. The summed E-state index contributed by atoms with van der Waals surface area (Å²) in [5.41, 5.74) is 1.36. The molecule has 1 aliphatic heterocycles. The Morgan fingerprint density at radius 1 is 0.895 bits per heavy atom. The molecule has 0 saturated carbocycles. The highest BCUT2D eigenvalue weighted by Crippen LogP contribution is 2.31. The minimum Gasteiger partial charge on any atom is -0.336 e. The van der Waals surface area contributed by atoms with Crippen LogP contribution in [0.1, 0.15) is 29.8 Å². The zero-order valence-corrected chi connectivity index (χ0v) is 22.1. The number of rotatable bonds is 6. The van der Waals surface area contributed by atoms with Gasteiger partial charge in [-0.2, -0.15) is 0 Å². The smallest absolute Gasteiger partial charge is 0.264 e. The van der Waals surface area contributed by atoms with E-state index in [-0.39, 0.29) is 16.6 Å². The summed E-state index contributed by atoms with van der Waals surface area (Å²) in [5, 5.41) is 0.730. The molecule has 0 bridgehead atoms. The van der Waals surface area contributed by atoms with E-state index in [1.807, 2.05) is 32.0 Å². The first-order chi connectivity index (χ1) is 18.2. The van der Waals surface area contributed by atoms with Crippen LogP contribution in [0.4, 0.5) is 10.1 Å². The maximum absolute atomic E-state index is 14.4. The largest absolute Gasteiger partial charge is 0.336 e. The molecule has 5 rings (SSSR count). The number of pyridine rings is 1. The number of piperazine rings is 1. The van der Waals surface area contributed by atoms with E-state index in [0.29, 0.717) is 48.5 Å². The molecule has 1 amide bonds. The van der Waals surface area contributed by atoms with E-state index in [1.165, 1.54) is 12.1 Å². The molecule has 4 aromatic rings. The lowest BCUT2D eigenvalue weighted by molar-refractivity contribution is 0.0381. The second-order valence-corrected chi connectivity index (χ2v) is 11.5. The van der Waals surface area contributed by atoms with E-state index < -0.39 is 15.6 Å². The van der Waals surface area contributed by atoms with Crippen molar-refractivity contribution in [2.24, 2.45) is 0 Å². The topological polar surface area (TPSA) is 82.6 Å². The number of sulfonamides is 1. The molecular formula is C29H29FN4O3S. The van der Waals surface area contributed by atoms with Crippen molar-refractivity contribution in [1.82, 2.24) is 14.8 Å². The van der Waals surface area contributed by atoms with Crippen molar-refractivity contribution >= 4 is 32.5 Å². The van der Waals surface area contributed by atoms with Gasteiger partial charge in [0.25, 0.3) is 15.9 Å². The molecule has 7 nitrogen and oxygen atoms in total. The number of amides is 1. The van der Waals surface area contributed by atoms with Crippen LogP contribution >= 0.6 is 0 Å². The summed E-state index contributed by atoms with van der Waals surface area (Å²) in [6.07, 6.45) is 1.56. The van der Waals surface area contributed by atoms with Crippen LogP contribution in [-0.2, 0) is 15.6 Å². The Morgan fingerprint density at radius 3 is 2.29 bits per heavy atom. The zero-order valence-electron chi connectivity index (χ0n) is 21.3. The van der Waals surface area contributed by atoms with Crippen LogP contribution in [0.25, 0.3) is 10.9 Å². The Morgan fingerprint density at radius 2 is 1.58 bits per heavy atom. The molecule has 0 radical (unpaired) electrons. The highest BCUT2D eigenvalue weighted by atomic mass is 32.2. The molecule has 1 saturated heterocycles. The Bertz CT molecular complexity index is 1580. The van der Waals surface area contributed by atoms with Gasteiger partial charge < -0.3 is 4.90 Å². The van der Waals surface area contributed by atoms with E-state index in [2.05, 4.69) is 14.6 Å². The molecule has 1 N–H and O–H groups in total. The fraction of sp³-hybridized carbons (Fsp3) is 0.241. The van der Waals surface area contributed by atoms with E-state index >= 15 is 0 Å². The average molecular weight is 533 g/mol. The lowest BCUT2D eigenvalue weighted by Gasteiger charge is -2.44. The molecule has 3 aromatic carbocycles. The first kappa shape index (κ1) is 25.8. The molecular weight excluding hydrogens is 503 g/mol. The molecule has 1 aromatic heterocycles. The fourth-order valence-electron chi connectivity index (χ4n) is 4.96. The predicted octanol–water partition coefficient (Wildman–Crippen LogP) is 4.87. The first-order valence-corrected chi connectivity index (χ1v) is 13.9. The maximum atomic E-state index is 14.4. The third-order valence-corrected chi connectivity index (χ3v) is 8.57. The van der Waals surface area contributed by atoms with Gasteiger partial charge in [-0.15, -0.1) is 0 Å². The van der Waals surface area contributed by atoms with Gasteiger partial charge in [-0.1, -0.05) is 36.4 Å². The minimum atomic E-state index is -3.88. The van der Waals surface area contributed by atoms with Gasteiger partial charge in [0.2, 0.25) is 0 Å². The summed E-state index contributed by atoms with van der Waals surface area (Å²) < 4.78 is 43.1. The molecule has 1 aliphatic rings. The second-order valence-electron chi connectivity index (χ2n) is 9.83. The monoisotopic (exact) mass is 532 g/mol.